The summed E-state index contributed by atoms with van der Waals surface area (Å²) in [5.74, 6) is -0.0287. The predicted octanol–water partition coefficient (Wildman–Crippen LogP) is 3.33. The van der Waals surface area contributed by atoms with E-state index < -0.39 is 6.04 Å². The summed E-state index contributed by atoms with van der Waals surface area (Å²) in [5.41, 5.74) is 2.82. The molecule has 1 unspecified atom stereocenters. The maximum atomic E-state index is 13.5. The lowest BCUT2D eigenvalue weighted by atomic mass is 9.98. The van der Waals surface area contributed by atoms with Gasteiger partial charge in [0.1, 0.15) is 5.58 Å². The van der Waals surface area contributed by atoms with Crippen molar-refractivity contribution in [2.24, 2.45) is 0 Å². The van der Waals surface area contributed by atoms with Gasteiger partial charge in [0.15, 0.2) is 5.43 Å². The van der Waals surface area contributed by atoms with E-state index in [2.05, 4.69) is 29.8 Å². The molecule has 0 aliphatic carbocycles. The van der Waals surface area contributed by atoms with Crippen LogP contribution in [0.25, 0.3) is 11.0 Å². The molecule has 2 heterocycles. The number of halogens is 1. The highest BCUT2D eigenvalue weighted by molar-refractivity contribution is 9.10. The summed E-state index contributed by atoms with van der Waals surface area (Å²) in [6.45, 7) is 9.70. The normalized spacial score (nSPS) is 16.0. The summed E-state index contributed by atoms with van der Waals surface area (Å²) in [5, 5.41) is 0.490. The second-order valence-corrected chi connectivity index (χ2v) is 8.75. The number of benzene rings is 2. The van der Waals surface area contributed by atoms with Crippen LogP contribution < -0.4 is 10.3 Å². The minimum Gasteiger partial charge on any atom is -0.450 e. The van der Waals surface area contributed by atoms with E-state index in [-0.39, 0.29) is 17.1 Å². The topological polar surface area (TPSA) is 55.0 Å². The minimum absolute atomic E-state index is 0.135. The third-order valence-corrected chi connectivity index (χ3v) is 6.52. The van der Waals surface area contributed by atoms with E-state index in [1.165, 1.54) is 4.90 Å². The van der Waals surface area contributed by atoms with Crippen molar-refractivity contribution >= 4 is 32.8 Å². The van der Waals surface area contributed by atoms with E-state index in [1.807, 2.05) is 37.3 Å². The molecule has 0 radical (unpaired) electrons. The van der Waals surface area contributed by atoms with Crippen LogP contribution in [0.3, 0.4) is 0 Å². The van der Waals surface area contributed by atoms with Crippen LogP contribution in [0.2, 0.25) is 0 Å². The molecule has 1 aromatic heterocycles. The fraction of sp³-hybridized carbons (Fsp3) is 0.333. The zero-order chi connectivity index (χ0) is 21.4. The van der Waals surface area contributed by atoms with E-state index >= 15 is 0 Å². The number of amides is 1. The van der Waals surface area contributed by atoms with Crippen LogP contribution in [-0.4, -0.2) is 37.0 Å². The molecule has 1 aliphatic rings. The van der Waals surface area contributed by atoms with Gasteiger partial charge in [-0.25, -0.2) is 0 Å². The van der Waals surface area contributed by atoms with Crippen molar-refractivity contribution in [3.8, 4) is 0 Å². The zero-order valence-corrected chi connectivity index (χ0v) is 19.1. The van der Waals surface area contributed by atoms with Crippen molar-refractivity contribution in [2.45, 2.75) is 26.8 Å². The molecule has 0 saturated heterocycles. The summed E-state index contributed by atoms with van der Waals surface area (Å²) in [6, 6.07) is 12.9. The molecule has 1 N–H and O–H groups in total. The van der Waals surface area contributed by atoms with E-state index in [1.54, 1.807) is 17.0 Å². The van der Waals surface area contributed by atoms with Gasteiger partial charge in [0.05, 0.1) is 43.2 Å². The number of carbonyl (C=O) groups excluding carboxylic acids is 1. The van der Waals surface area contributed by atoms with Gasteiger partial charge in [0.25, 0.3) is 5.91 Å². The number of rotatable bonds is 6. The van der Waals surface area contributed by atoms with Crippen molar-refractivity contribution in [3.05, 3.63) is 79.6 Å². The second-order valence-electron chi connectivity index (χ2n) is 7.83. The second kappa shape index (κ2) is 8.36. The number of aryl methyl sites for hydroxylation is 1. The van der Waals surface area contributed by atoms with Crippen molar-refractivity contribution in [3.63, 3.8) is 0 Å². The van der Waals surface area contributed by atoms with Gasteiger partial charge in [-0.2, -0.15) is 0 Å². The Morgan fingerprint density at radius 3 is 2.43 bits per heavy atom. The lowest BCUT2D eigenvalue weighted by Gasteiger charge is -2.26. The molecule has 1 aliphatic heterocycles. The van der Waals surface area contributed by atoms with Crippen LogP contribution >= 0.6 is 15.9 Å². The van der Waals surface area contributed by atoms with Gasteiger partial charge in [-0.15, -0.1) is 0 Å². The quantitative estimate of drug-likeness (QED) is 0.602. The molecular weight excluding hydrogens is 444 g/mol. The van der Waals surface area contributed by atoms with E-state index in [0.717, 1.165) is 35.2 Å². The highest BCUT2D eigenvalue weighted by Crippen LogP contribution is 2.38. The number of nitrogens with zero attached hydrogens (tertiary/aromatic N) is 1. The van der Waals surface area contributed by atoms with Crippen LogP contribution in [0.1, 0.15) is 47.1 Å². The number of fused-ring (bicyclic) bond motifs is 2. The van der Waals surface area contributed by atoms with Crippen molar-refractivity contribution < 1.29 is 14.1 Å². The molecular formula is C24H26BrN2O3+. The van der Waals surface area contributed by atoms with E-state index in [9.17, 15) is 9.59 Å². The largest absolute Gasteiger partial charge is 0.450 e. The number of quaternary nitrogens is 1. The monoisotopic (exact) mass is 469 g/mol. The number of hydrogen-bond donors (Lipinski definition) is 1. The lowest BCUT2D eigenvalue weighted by molar-refractivity contribution is -0.895. The maximum absolute atomic E-state index is 13.5. The number of nitrogens with one attached hydrogen (secondary N) is 1. The average Bonchev–Trinajstić information content (AvgIpc) is 3.02. The third-order valence-electron chi connectivity index (χ3n) is 6.03. The zero-order valence-electron chi connectivity index (χ0n) is 17.5. The van der Waals surface area contributed by atoms with Crippen LogP contribution in [-0.2, 0) is 0 Å². The first-order valence-electron chi connectivity index (χ1n) is 10.4. The highest BCUT2D eigenvalue weighted by atomic mass is 79.9. The summed E-state index contributed by atoms with van der Waals surface area (Å²) in [7, 11) is 0. The van der Waals surface area contributed by atoms with Crippen molar-refractivity contribution in [2.75, 3.05) is 26.2 Å². The van der Waals surface area contributed by atoms with Gasteiger partial charge < -0.3 is 14.2 Å². The van der Waals surface area contributed by atoms with Crippen LogP contribution in [0.5, 0.6) is 0 Å². The standard InChI is InChI=1S/C24H25BrN2O3/c1-4-26(5-2)12-13-27-21(16-8-6-15(3)7-9-16)20-22(28)18-14-17(25)10-11-19(18)30-23(20)24(27)29/h6-11,14,21H,4-5,12-13H2,1-3H3/p+1. The van der Waals surface area contributed by atoms with Crippen LogP contribution in [0.4, 0.5) is 0 Å². The minimum atomic E-state index is -0.428. The number of hydrogen-bond acceptors (Lipinski definition) is 3. The van der Waals surface area contributed by atoms with E-state index in [4.69, 9.17) is 4.42 Å². The fourth-order valence-electron chi connectivity index (χ4n) is 4.20. The van der Waals surface area contributed by atoms with Gasteiger partial charge in [-0.3, -0.25) is 9.59 Å². The van der Waals surface area contributed by atoms with Gasteiger partial charge in [0.2, 0.25) is 5.76 Å². The molecule has 0 spiro atoms. The predicted molar refractivity (Wildman–Crippen MR) is 121 cm³/mol. The Balaban J connectivity index is 1.87. The molecule has 156 valence electrons. The van der Waals surface area contributed by atoms with Gasteiger partial charge in [-0.1, -0.05) is 45.8 Å². The highest BCUT2D eigenvalue weighted by Gasteiger charge is 2.42. The number of carbonyl (C=O) groups is 1. The Hall–Kier alpha value is -2.44. The smallest absolute Gasteiger partial charge is 0.291 e. The molecule has 4 rings (SSSR count). The molecule has 0 saturated carbocycles. The maximum Gasteiger partial charge on any atom is 0.291 e. The van der Waals surface area contributed by atoms with Gasteiger partial charge in [-0.05, 0) is 44.5 Å². The molecule has 1 atom stereocenters. The fourth-order valence-corrected chi connectivity index (χ4v) is 4.56. The Kier molecular flexibility index (Phi) is 5.80. The molecule has 6 heteroatoms. The third kappa shape index (κ3) is 3.59. The van der Waals surface area contributed by atoms with Crippen LogP contribution in [0.15, 0.2) is 56.1 Å². The summed E-state index contributed by atoms with van der Waals surface area (Å²) in [6.07, 6.45) is 0. The molecule has 30 heavy (non-hydrogen) atoms. The van der Waals surface area contributed by atoms with Crippen LogP contribution in [0, 0.1) is 6.92 Å². The average molecular weight is 470 g/mol. The van der Waals surface area contributed by atoms with Gasteiger partial charge in [0, 0.05) is 4.47 Å². The molecule has 0 bridgehead atoms. The summed E-state index contributed by atoms with van der Waals surface area (Å²) in [4.78, 5) is 30.1. The Bertz CT molecular complexity index is 1150. The summed E-state index contributed by atoms with van der Waals surface area (Å²) < 4.78 is 6.80. The Morgan fingerprint density at radius 2 is 1.77 bits per heavy atom. The lowest BCUT2D eigenvalue weighted by Crippen LogP contribution is -3.12. The van der Waals surface area contributed by atoms with Crippen molar-refractivity contribution in [1.29, 1.82) is 0 Å². The van der Waals surface area contributed by atoms with E-state index in [0.29, 0.717) is 23.1 Å². The first kappa shape index (κ1) is 20.8. The first-order valence-corrected chi connectivity index (χ1v) is 11.2. The molecule has 3 aromatic rings. The molecule has 5 nitrogen and oxygen atoms in total. The molecule has 0 fully saturated rings. The molecule has 2 aromatic carbocycles. The SMILES string of the molecule is CC[NH+](CC)CCN1C(=O)c2oc3ccc(Br)cc3c(=O)c2C1c1ccc(C)cc1. The molecule has 1 amide bonds. The Morgan fingerprint density at radius 1 is 1.07 bits per heavy atom. The summed E-state index contributed by atoms with van der Waals surface area (Å²) >= 11 is 3.43. The number of likely N-dealkylation sites (N-methyl/N-ethyl adjacent to an activating group) is 1. The first-order chi connectivity index (χ1) is 14.4. The van der Waals surface area contributed by atoms with Gasteiger partial charge >= 0.3 is 0 Å². The Labute approximate surface area is 184 Å². The van der Waals surface area contributed by atoms with Crippen molar-refractivity contribution in [1.82, 2.24) is 4.90 Å².